The number of benzene rings is 3. The van der Waals surface area contributed by atoms with Gasteiger partial charge in [0, 0.05) is 89.3 Å². The number of aromatic hydroxyl groups is 1. The highest BCUT2D eigenvalue weighted by Gasteiger charge is 2.34. The van der Waals surface area contributed by atoms with Crippen molar-refractivity contribution >= 4 is 103 Å². The van der Waals surface area contributed by atoms with Gasteiger partial charge in [0.1, 0.15) is 23.9 Å². The van der Waals surface area contributed by atoms with E-state index in [1.165, 1.54) is 12.1 Å². The third-order valence-electron chi connectivity index (χ3n) is 17.2. The second-order valence-electron chi connectivity index (χ2n) is 25.7. The van der Waals surface area contributed by atoms with E-state index < -0.39 is 110 Å². The number of unbranched alkanes of at least 4 members (excludes halogenated alkanes) is 1. The molecule has 34 nitrogen and oxygen atoms in total. The fraction of sp³-hybridized carbons (Fsp3) is 0.515. The average Bonchev–Trinajstić information content (AvgIpc) is 0.972. The summed E-state index contributed by atoms with van der Waals surface area (Å²) in [6.45, 7) is 5.53. The molecule has 3 heterocycles. The van der Waals surface area contributed by atoms with Gasteiger partial charge in [-0.05, 0) is 104 Å². The molecule has 6 rings (SSSR count). The second-order valence-corrected chi connectivity index (χ2v) is 28.9. The maximum Gasteiger partial charge on any atom is 0.326 e. The summed E-state index contributed by atoms with van der Waals surface area (Å²) >= 11 is 6.30. The van der Waals surface area contributed by atoms with E-state index >= 15 is 0 Å². The number of anilines is 1. The first kappa shape index (κ1) is 84.6. The highest BCUT2D eigenvalue weighted by molar-refractivity contribution is 7.91. The van der Waals surface area contributed by atoms with Crippen molar-refractivity contribution in [3.8, 4) is 5.75 Å². The summed E-state index contributed by atoms with van der Waals surface area (Å²) in [5.74, 6) is -10.2. The number of carbonyl (C=O) groups excluding carboxylic acids is 5. The highest BCUT2D eigenvalue weighted by Crippen LogP contribution is 2.37. The zero-order chi connectivity index (χ0) is 76.6. The summed E-state index contributed by atoms with van der Waals surface area (Å²) in [7, 11) is -4.09. The molecule has 0 spiro atoms. The molecule has 2 aromatic heterocycles. The molecule has 37 heteroatoms. The third kappa shape index (κ3) is 30.7. The number of sulfonamides is 1. The molecule has 0 aliphatic carbocycles. The predicted octanol–water partition coefficient (Wildman–Crippen LogP) is 1.74. The van der Waals surface area contributed by atoms with Gasteiger partial charge in [0.2, 0.25) is 39.0 Å². The van der Waals surface area contributed by atoms with Crippen LogP contribution < -0.4 is 31.7 Å². The Morgan fingerprint density at radius 3 is 1.86 bits per heavy atom. The molecule has 3 aromatic carbocycles. The molecule has 5 atom stereocenters. The minimum Gasteiger partial charge on any atom is -0.508 e. The molecule has 1 fully saturated rings. The fourth-order valence-electron chi connectivity index (χ4n) is 11.6. The molecule has 5 amide bonds. The Labute approximate surface area is 615 Å². The number of hydrogen-bond acceptors (Lipinski definition) is 24. The van der Waals surface area contributed by atoms with Gasteiger partial charge in [-0.25, -0.2) is 23.1 Å². The number of carboxylic acids is 5. The van der Waals surface area contributed by atoms with Crippen LogP contribution in [0.5, 0.6) is 5.75 Å². The van der Waals surface area contributed by atoms with Crippen LogP contribution in [0, 0.1) is 6.92 Å². The number of phenols is 1. The fourth-order valence-corrected chi connectivity index (χ4v) is 13.3. The maximum atomic E-state index is 13.7. The Balaban J connectivity index is 0.958. The molecular formula is C68H92N14O20S3. The summed E-state index contributed by atoms with van der Waals surface area (Å²) in [5, 5.41) is 91.6. The number of carboxylic acid groups (broad SMARTS) is 5. The van der Waals surface area contributed by atoms with Crippen LogP contribution in [-0.4, -0.2) is 253 Å². The summed E-state index contributed by atoms with van der Waals surface area (Å²) in [6.07, 6.45) is 3.55. The molecule has 5 aromatic rings. The lowest BCUT2D eigenvalue weighted by Crippen LogP contribution is -2.51. The molecule has 105 heavy (non-hydrogen) atoms. The van der Waals surface area contributed by atoms with E-state index in [9.17, 15) is 87.0 Å². The van der Waals surface area contributed by atoms with Gasteiger partial charge in [-0.2, -0.15) is 0 Å². The van der Waals surface area contributed by atoms with Crippen molar-refractivity contribution in [2.24, 2.45) is 5.14 Å². The van der Waals surface area contributed by atoms with E-state index in [0.717, 1.165) is 32.7 Å². The number of nitrogens with zero attached hydrogens (tertiary/aromatic N) is 8. The summed E-state index contributed by atoms with van der Waals surface area (Å²) < 4.78 is 35.6. The maximum absolute atomic E-state index is 13.7. The van der Waals surface area contributed by atoms with E-state index in [0.29, 0.717) is 101 Å². The van der Waals surface area contributed by atoms with Gasteiger partial charge in [0.15, 0.2) is 0 Å². The van der Waals surface area contributed by atoms with Crippen LogP contribution in [-0.2, 0) is 98.7 Å². The smallest absolute Gasteiger partial charge is 0.326 e. The third-order valence-corrected chi connectivity index (χ3v) is 19.7. The number of aromatic nitrogens is 5. The van der Waals surface area contributed by atoms with E-state index in [1.54, 1.807) is 37.7 Å². The summed E-state index contributed by atoms with van der Waals surface area (Å²) in [5.41, 5.74) is 4.27. The number of aliphatic carboxylic acids is 5. The Hall–Kier alpha value is -9.34. The van der Waals surface area contributed by atoms with Gasteiger partial charge in [-0.15, -0.1) is 15.3 Å². The van der Waals surface area contributed by atoms with Crippen molar-refractivity contribution in [2.45, 2.75) is 144 Å². The van der Waals surface area contributed by atoms with E-state index in [4.69, 9.17) is 26.8 Å². The normalized spacial score (nSPS) is 15.3. The van der Waals surface area contributed by atoms with Crippen molar-refractivity contribution in [3.05, 3.63) is 113 Å². The van der Waals surface area contributed by atoms with Crippen molar-refractivity contribution in [3.63, 3.8) is 0 Å². The molecule has 13 N–H and O–H groups in total. The number of phenolic OH excluding ortho intramolecular Hbond substituents is 1. The summed E-state index contributed by atoms with van der Waals surface area (Å²) in [4.78, 5) is 133. The Kier molecular flexibility index (Phi) is 34.3. The number of nitrogens with two attached hydrogens (primary N) is 1. The van der Waals surface area contributed by atoms with Gasteiger partial charge in [-0.1, -0.05) is 102 Å². The van der Waals surface area contributed by atoms with Crippen LogP contribution >= 0.6 is 23.6 Å². The molecule has 1 aliphatic heterocycles. The molecular weight excluding hydrogens is 1430 g/mol. The Morgan fingerprint density at radius 1 is 0.657 bits per heavy atom. The Bertz CT molecular complexity index is 3820. The van der Waals surface area contributed by atoms with Crippen molar-refractivity contribution in [1.82, 2.24) is 61.2 Å². The lowest BCUT2D eigenvalue weighted by molar-refractivity contribution is -0.145. The molecule has 0 saturated carbocycles. The number of thiocarbonyl (C=S) groups is 1. The van der Waals surface area contributed by atoms with Crippen LogP contribution in [0.4, 0.5) is 5.13 Å². The number of ether oxygens (including phenoxy) is 2. The lowest BCUT2D eigenvalue weighted by atomic mass is 9.73. The SMILES string of the molecule is Cc1ccc(C(C)(CCC(=O)N[C@@H](CC(=O)N[C@@H](CC(=O)N[C@@H](CCCCn2cc(CCCC(=O)Nc3nnc(S(N)(=O)=O)s3)nn2)C(=O)NCCOCCOCCCC(=S)Cc2ccc(CC3CN(CC(=O)O)CCN(CC(=O)O)CCN3CC(=O)O)cc2)C(=O)O)C(=O)O)c2ccc(O)cc2)cc1. The molecule has 2 unspecified atom stereocenters. The zero-order valence-electron chi connectivity index (χ0n) is 58.4. The number of aryl methyl sites for hydroxylation is 3. The highest BCUT2D eigenvalue weighted by atomic mass is 32.2. The first-order chi connectivity index (χ1) is 49.9. The van der Waals surface area contributed by atoms with Gasteiger partial charge >= 0.3 is 29.8 Å². The van der Waals surface area contributed by atoms with E-state index in [2.05, 4.69) is 47.1 Å². The standard InChI is InChI=1S/C68H92N14O20S3/c1-44-11-17-47(18-12-44)68(2,48-19-21-51(83)22-20-48)24-23-57(85)72-54(64(95)96)37-59(87)73-55(65(97)98)38-58(86)71-53(9-3-4-26-82-39-49(75-78-82)7-5-10-56(84)74-66-76-77-67(104-66)105(69,99)100)63(94)70-25-32-102-34-33-101-31-6-8-52(103)36-46-15-13-45(14-16-46)35-50-40-80(42-61(90)91)28-27-79(41-60(88)89)29-30-81(50)43-62(92)93/h11-22,39,50,53-55,83H,3-10,23-38,40-43H2,1-2H3,(H,70,94)(H,71,86)(H,72,85)(H,73,87)(H,88,89)(H,90,91)(H,92,93)(H,95,96)(H,97,98)(H2,69,99,100)(H,74,76,84)/t50?,53-,54-,55-,68?/m0/s1. The monoisotopic (exact) mass is 1520 g/mol. The van der Waals surface area contributed by atoms with Gasteiger partial charge in [-0.3, -0.25) is 57.7 Å². The number of amides is 5. The minimum absolute atomic E-state index is 0.00469. The molecule has 1 aliphatic rings. The molecule has 0 radical (unpaired) electrons. The van der Waals surface area contributed by atoms with Crippen LogP contribution in [0.2, 0.25) is 0 Å². The number of rotatable bonds is 46. The first-order valence-electron chi connectivity index (χ1n) is 34.0. The van der Waals surface area contributed by atoms with Crippen LogP contribution in [0.25, 0.3) is 0 Å². The predicted molar refractivity (Wildman–Crippen MR) is 383 cm³/mol. The minimum atomic E-state index is -4.09. The van der Waals surface area contributed by atoms with Crippen LogP contribution in [0.3, 0.4) is 0 Å². The molecule has 1 saturated heterocycles. The van der Waals surface area contributed by atoms with Crippen molar-refractivity contribution < 1.29 is 96.5 Å². The number of carbonyl (C=O) groups is 10. The second kappa shape index (κ2) is 42.6. The number of hydrogen-bond donors (Lipinski definition) is 12. The van der Waals surface area contributed by atoms with Crippen LogP contribution in [0.1, 0.15) is 111 Å². The van der Waals surface area contributed by atoms with E-state index in [-0.39, 0.29) is 102 Å². The average molecular weight is 1520 g/mol. The van der Waals surface area contributed by atoms with Gasteiger partial charge < -0.3 is 66.7 Å². The first-order valence-corrected chi connectivity index (χ1v) is 36.8. The molecule has 572 valence electrons. The number of nitrogens with one attached hydrogen (secondary N) is 5. The Morgan fingerprint density at radius 2 is 1.24 bits per heavy atom. The molecule has 0 bridgehead atoms. The topological polar surface area (TPSA) is 497 Å². The largest absolute Gasteiger partial charge is 0.508 e. The quantitative estimate of drug-likeness (QED) is 0.0150. The zero-order valence-corrected chi connectivity index (χ0v) is 60.8. The number of primary sulfonamides is 1. The van der Waals surface area contributed by atoms with Gasteiger partial charge in [0.05, 0.1) is 58.0 Å². The summed E-state index contributed by atoms with van der Waals surface area (Å²) in [6, 6.07) is 16.6. The lowest BCUT2D eigenvalue weighted by Gasteiger charge is -2.33. The van der Waals surface area contributed by atoms with Gasteiger partial charge in [0.25, 0.3) is 10.0 Å². The van der Waals surface area contributed by atoms with Crippen LogP contribution in [0.15, 0.2) is 83.3 Å². The van der Waals surface area contributed by atoms with Crippen molar-refractivity contribution in [2.75, 3.05) is 90.6 Å². The van der Waals surface area contributed by atoms with E-state index in [1.807, 2.05) is 62.4 Å². The van der Waals surface area contributed by atoms with Crippen molar-refractivity contribution in [1.29, 1.82) is 0 Å².